The van der Waals surface area contributed by atoms with Crippen LogP contribution in [0, 0.1) is 5.82 Å². The van der Waals surface area contributed by atoms with Gasteiger partial charge in [-0.2, -0.15) is 0 Å². The molecule has 7 heteroatoms. The van der Waals surface area contributed by atoms with Crippen LogP contribution in [0.15, 0.2) is 23.3 Å². The molecule has 0 spiro atoms. The maximum Gasteiger partial charge on any atom is 0.132 e. The molecule has 0 bridgehead atoms. The second-order valence-electron chi connectivity index (χ2n) is 3.13. The monoisotopic (exact) mass is 227 g/mol. The van der Waals surface area contributed by atoms with Gasteiger partial charge in [-0.3, -0.25) is 0 Å². The normalized spacial score (nSPS) is 13.9. The summed E-state index contributed by atoms with van der Waals surface area (Å²) >= 11 is 0. The summed E-state index contributed by atoms with van der Waals surface area (Å²) in [4.78, 5) is 2.41. The molecule has 0 aliphatic carbocycles. The van der Waals surface area contributed by atoms with Crippen LogP contribution < -0.4 is 0 Å². The van der Waals surface area contributed by atoms with E-state index in [-0.39, 0.29) is 17.9 Å². The summed E-state index contributed by atoms with van der Waals surface area (Å²) in [5.74, 6) is -1.12. The maximum atomic E-state index is 13.2. The second kappa shape index (κ2) is 5.32. The number of rotatable bonds is 4. The van der Waals surface area contributed by atoms with Crippen molar-refractivity contribution in [3.8, 4) is 5.75 Å². The molecule has 6 nitrogen and oxygen atoms in total. The van der Waals surface area contributed by atoms with Crippen molar-refractivity contribution in [2.45, 2.75) is 12.2 Å². The highest BCUT2D eigenvalue weighted by atomic mass is 19.1. The summed E-state index contributed by atoms with van der Waals surface area (Å²) in [5, 5.41) is 30.9. The zero-order valence-electron chi connectivity index (χ0n) is 8.16. The molecule has 1 aromatic rings. The van der Waals surface area contributed by atoms with Crippen molar-refractivity contribution in [1.82, 2.24) is 0 Å². The molecule has 0 aliphatic rings. The van der Waals surface area contributed by atoms with Crippen molar-refractivity contribution in [3.63, 3.8) is 0 Å². The van der Waals surface area contributed by atoms with Crippen molar-refractivity contribution in [1.29, 1.82) is 0 Å². The van der Waals surface area contributed by atoms with Crippen LogP contribution in [-0.4, -0.2) is 28.0 Å². The lowest BCUT2D eigenvalue weighted by molar-refractivity contribution is 0.0222. The van der Waals surface area contributed by atoms with E-state index in [4.69, 9.17) is 10.6 Å². The fourth-order valence-electron chi connectivity index (χ4n) is 1.18. The predicted octanol–water partition coefficient (Wildman–Crippen LogP) is 1.24. The lowest BCUT2D eigenvalue weighted by Crippen LogP contribution is -2.22. The third-order valence-electron chi connectivity index (χ3n) is 2.00. The largest absolute Gasteiger partial charge is 0.508 e. The van der Waals surface area contributed by atoms with E-state index in [9.17, 15) is 14.6 Å². The first-order valence-corrected chi connectivity index (χ1v) is 4.41. The van der Waals surface area contributed by atoms with Crippen LogP contribution in [0.3, 0.4) is 0 Å². The van der Waals surface area contributed by atoms with Gasteiger partial charge in [0.25, 0.3) is 0 Å². The molecule has 1 aromatic carbocycles. The number of hydrogen-bond donors (Lipinski definition) is 3. The van der Waals surface area contributed by atoms with Crippen LogP contribution in [-0.2, 0) is 0 Å². The van der Waals surface area contributed by atoms with Gasteiger partial charge in [-0.05, 0) is 17.7 Å². The fourth-order valence-corrected chi connectivity index (χ4v) is 1.18. The van der Waals surface area contributed by atoms with Crippen LogP contribution in [0.2, 0.25) is 0 Å². The highest BCUT2D eigenvalue weighted by Crippen LogP contribution is 2.23. The number of halogens is 1. The van der Waals surface area contributed by atoms with E-state index in [0.717, 1.165) is 12.1 Å². The molecule has 0 heterocycles. The Morgan fingerprint density at radius 1 is 1.44 bits per heavy atom. The van der Waals surface area contributed by atoms with E-state index in [2.05, 4.69) is 10.0 Å². The van der Waals surface area contributed by atoms with Gasteiger partial charge in [-0.25, -0.2) is 4.39 Å². The van der Waals surface area contributed by atoms with Crippen LogP contribution in [0.4, 0.5) is 4.39 Å². The molecule has 1 rings (SSSR count). The average Bonchev–Trinajstić information content (AvgIpc) is 2.25. The summed E-state index contributed by atoms with van der Waals surface area (Å²) in [6.45, 7) is -0.363. The minimum absolute atomic E-state index is 0.168. The third kappa shape index (κ3) is 2.83. The van der Waals surface area contributed by atoms with Gasteiger partial charge >= 0.3 is 0 Å². The molecule has 0 fully saturated rings. The number of aliphatic hydroxyl groups excluding tert-OH is 2. The summed E-state index contributed by atoms with van der Waals surface area (Å²) in [6.07, 6.45) is -2.90. The Balaban J connectivity index is 2.86. The lowest BCUT2D eigenvalue weighted by atomic mass is 10.0. The smallest absolute Gasteiger partial charge is 0.132 e. The number of phenols is 1. The molecule has 2 unspecified atom stereocenters. The lowest BCUT2D eigenvalue weighted by Gasteiger charge is -2.16. The summed E-state index contributed by atoms with van der Waals surface area (Å²) in [7, 11) is 0. The van der Waals surface area contributed by atoms with Crippen LogP contribution in [0.25, 0.3) is 10.4 Å². The van der Waals surface area contributed by atoms with Crippen LogP contribution in [0.5, 0.6) is 5.75 Å². The summed E-state index contributed by atoms with van der Waals surface area (Å²) < 4.78 is 13.2. The van der Waals surface area contributed by atoms with Crippen molar-refractivity contribution in [3.05, 3.63) is 40.0 Å². The van der Waals surface area contributed by atoms with Gasteiger partial charge in [0.15, 0.2) is 0 Å². The standard InChI is InChI=1S/C9H10FN3O3/c10-7-3-5(14)1-2-6(7)9(16)8(15)4-12-13-11/h1-3,8-9,14-16H,4H2. The van der Waals surface area contributed by atoms with Crippen molar-refractivity contribution in [2.75, 3.05) is 6.54 Å². The van der Waals surface area contributed by atoms with Gasteiger partial charge in [0, 0.05) is 16.5 Å². The molecule has 0 aliphatic heterocycles. The molecule has 0 radical (unpaired) electrons. The highest BCUT2D eigenvalue weighted by Gasteiger charge is 2.20. The van der Waals surface area contributed by atoms with E-state index in [1.807, 2.05) is 0 Å². The minimum atomic E-state index is -1.51. The topological polar surface area (TPSA) is 109 Å². The molecule has 0 saturated heterocycles. The van der Waals surface area contributed by atoms with Crippen molar-refractivity contribution in [2.24, 2.45) is 5.11 Å². The first-order chi connectivity index (χ1) is 7.56. The molecule has 0 amide bonds. The van der Waals surface area contributed by atoms with E-state index in [1.54, 1.807) is 0 Å². The number of phenolic OH excluding ortho intramolecular Hbond substituents is 1. The number of hydrogen-bond acceptors (Lipinski definition) is 4. The number of aromatic hydroxyl groups is 1. The molecular formula is C9H10FN3O3. The van der Waals surface area contributed by atoms with Gasteiger partial charge in [0.1, 0.15) is 17.7 Å². The average molecular weight is 227 g/mol. The van der Waals surface area contributed by atoms with Crippen molar-refractivity contribution < 1.29 is 19.7 Å². The number of aliphatic hydroxyl groups is 2. The molecule has 0 aromatic heterocycles. The first-order valence-electron chi connectivity index (χ1n) is 4.41. The highest BCUT2D eigenvalue weighted by molar-refractivity contribution is 5.29. The quantitative estimate of drug-likeness (QED) is 0.408. The molecule has 86 valence electrons. The van der Waals surface area contributed by atoms with Gasteiger partial charge in [-0.1, -0.05) is 5.11 Å². The Labute approximate surface area is 90.2 Å². The SMILES string of the molecule is [N-]=[N+]=NCC(O)C(O)c1ccc(O)cc1F. The predicted molar refractivity (Wildman–Crippen MR) is 53.0 cm³/mol. The molecule has 0 saturated carbocycles. The Hall–Kier alpha value is -1.82. The van der Waals surface area contributed by atoms with E-state index in [0.29, 0.717) is 0 Å². The minimum Gasteiger partial charge on any atom is -0.508 e. The van der Waals surface area contributed by atoms with Crippen LogP contribution >= 0.6 is 0 Å². The molecule has 2 atom stereocenters. The number of benzene rings is 1. The summed E-state index contributed by atoms with van der Waals surface area (Å²) in [5.41, 5.74) is 7.85. The Kier molecular flexibility index (Phi) is 4.07. The second-order valence-corrected chi connectivity index (χ2v) is 3.13. The Morgan fingerprint density at radius 2 is 2.12 bits per heavy atom. The van der Waals surface area contributed by atoms with E-state index >= 15 is 0 Å². The fraction of sp³-hybridized carbons (Fsp3) is 0.333. The van der Waals surface area contributed by atoms with Crippen molar-refractivity contribution >= 4 is 0 Å². The zero-order chi connectivity index (χ0) is 12.1. The molecule has 16 heavy (non-hydrogen) atoms. The Bertz CT molecular complexity index is 420. The zero-order valence-corrected chi connectivity index (χ0v) is 8.16. The third-order valence-corrected chi connectivity index (χ3v) is 2.00. The van der Waals surface area contributed by atoms with E-state index in [1.165, 1.54) is 6.07 Å². The van der Waals surface area contributed by atoms with Gasteiger partial charge in [0.2, 0.25) is 0 Å². The van der Waals surface area contributed by atoms with Gasteiger partial charge in [0.05, 0.1) is 12.6 Å². The van der Waals surface area contributed by atoms with Gasteiger partial charge in [-0.15, -0.1) is 0 Å². The molecular weight excluding hydrogens is 217 g/mol. The van der Waals surface area contributed by atoms with Crippen LogP contribution in [0.1, 0.15) is 11.7 Å². The van der Waals surface area contributed by atoms with Gasteiger partial charge < -0.3 is 15.3 Å². The molecule has 3 N–H and O–H groups in total. The number of nitrogens with zero attached hydrogens (tertiary/aromatic N) is 3. The maximum absolute atomic E-state index is 13.2. The first kappa shape index (κ1) is 12.3. The van der Waals surface area contributed by atoms with E-state index < -0.39 is 18.0 Å². The number of azide groups is 1. The Morgan fingerprint density at radius 3 is 2.69 bits per heavy atom. The summed E-state index contributed by atoms with van der Waals surface area (Å²) in [6, 6.07) is 3.15.